The Morgan fingerprint density at radius 2 is 1.22 bits per heavy atom. The van der Waals surface area contributed by atoms with Crippen LogP contribution >= 0.6 is 0 Å². The van der Waals surface area contributed by atoms with Crippen LogP contribution in [0.25, 0.3) is 22.4 Å². The fraction of sp³-hybridized carbons (Fsp3) is 0.0455. The zero-order chi connectivity index (χ0) is 34.0. The van der Waals surface area contributed by atoms with Crippen molar-refractivity contribution in [1.82, 2.24) is 0 Å². The third-order valence-corrected chi connectivity index (χ3v) is 8.10. The van der Waals surface area contributed by atoms with Gasteiger partial charge in [0.2, 0.25) is 0 Å². The van der Waals surface area contributed by atoms with Crippen molar-refractivity contribution >= 4 is 51.4 Å². The lowest BCUT2D eigenvalue weighted by molar-refractivity contribution is -0.137. The van der Waals surface area contributed by atoms with Crippen molar-refractivity contribution in [2.75, 3.05) is 11.5 Å². The molecule has 0 atom stereocenters. The molecular formula is C44H35NO4. The van der Waals surface area contributed by atoms with Crippen molar-refractivity contribution < 1.29 is 19.1 Å². The van der Waals surface area contributed by atoms with E-state index in [0.717, 1.165) is 61.7 Å². The van der Waals surface area contributed by atoms with Crippen LogP contribution in [0.4, 0.5) is 17.1 Å². The summed E-state index contributed by atoms with van der Waals surface area (Å²) in [6, 6.07) is 49.3. The van der Waals surface area contributed by atoms with Crippen molar-refractivity contribution in [2.24, 2.45) is 0 Å². The predicted molar refractivity (Wildman–Crippen MR) is 199 cm³/mol. The molecule has 49 heavy (non-hydrogen) atoms. The summed E-state index contributed by atoms with van der Waals surface area (Å²) < 4.78 is 10.5. The summed E-state index contributed by atoms with van der Waals surface area (Å²) in [4.78, 5) is 25.4. The summed E-state index contributed by atoms with van der Waals surface area (Å²) in [6.07, 6.45) is 5.11. The Labute approximate surface area is 286 Å². The topological polar surface area (TPSA) is 55.8 Å². The van der Waals surface area contributed by atoms with Crippen molar-refractivity contribution in [3.8, 4) is 5.75 Å². The van der Waals surface area contributed by atoms with Crippen molar-refractivity contribution in [2.45, 2.75) is 6.42 Å². The molecule has 0 aliphatic rings. The number of hydrogen-bond donors (Lipinski definition) is 0. The quantitative estimate of drug-likeness (QED) is 0.0576. The second kappa shape index (κ2) is 15.4. The average Bonchev–Trinajstić information content (AvgIpc) is 3.16. The number of ether oxygens (including phenoxy) is 2. The Kier molecular flexibility index (Phi) is 10.2. The minimum absolute atomic E-state index is 0.296. The van der Waals surface area contributed by atoms with E-state index in [2.05, 4.69) is 127 Å². The minimum atomic E-state index is -0.494. The molecule has 0 saturated carbocycles. The smallest absolute Gasteiger partial charge is 0.335 e. The lowest BCUT2D eigenvalue weighted by Crippen LogP contribution is -2.11. The van der Waals surface area contributed by atoms with Gasteiger partial charge >= 0.3 is 11.9 Å². The maximum Gasteiger partial charge on any atom is 0.335 e. The molecule has 240 valence electrons. The Balaban J connectivity index is 1.36. The summed E-state index contributed by atoms with van der Waals surface area (Å²) in [7, 11) is 0. The zero-order valence-electron chi connectivity index (χ0n) is 27.0. The summed E-state index contributed by atoms with van der Waals surface area (Å²) in [5.74, 6) is -0.452. The van der Waals surface area contributed by atoms with Gasteiger partial charge in [0.1, 0.15) is 5.75 Å². The molecule has 0 fully saturated rings. The molecule has 0 N–H and O–H groups in total. The molecule has 6 aromatic rings. The molecule has 0 spiro atoms. The minimum Gasteiger partial charge on any atom is -0.462 e. The number of carbonyl (C=O) groups excluding carboxylic acids is 2. The first-order valence-electron chi connectivity index (χ1n) is 16.0. The molecule has 0 unspecified atom stereocenters. The van der Waals surface area contributed by atoms with Crippen molar-refractivity contribution in [3.05, 3.63) is 193 Å². The van der Waals surface area contributed by atoms with E-state index in [0.29, 0.717) is 18.8 Å². The van der Waals surface area contributed by atoms with Crippen molar-refractivity contribution in [1.29, 1.82) is 0 Å². The van der Waals surface area contributed by atoms with Crippen LogP contribution in [0.15, 0.2) is 171 Å². The molecule has 0 aliphatic heterocycles. The highest BCUT2D eigenvalue weighted by Crippen LogP contribution is 2.39. The molecule has 0 bridgehead atoms. The molecule has 0 amide bonds. The van der Waals surface area contributed by atoms with E-state index in [1.54, 1.807) is 12.1 Å². The Morgan fingerprint density at radius 3 is 1.92 bits per heavy atom. The second-order valence-corrected chi connectivity index (χ2v) is 11.3. The van der Waals surface area contributed by atoms with Crippen molar-refractivity contribution in [3.63, 3.8) is 0 Å². The van der Waals surface area contributed by atoms with Gasteiger partial charge in [-0.3, -0.25) is 0 Å². The first-order valence-corrected chi connectivity index (χ1v) is 16.0. The summed E-state index contributed by atoms with van der Waals surface area (Å²) in [5.41, 5.74) is 8.28. The van der Waals surface area contributed by atoms with Crippen LogP contribution in [0.3, 0.4) is 0 Å². The van der Waals surface area contributed by atoms with Crippen LogP contribution in [0.1, 0.15) is 22.3 Å². The van der Waals surface area contributed by atoms with Gasteiger partial charge in [-0.1, -0.05) is 116 Å². The number of esters is 2. The molecule has 0 aromatic heterocycles. The fourth-order valence-corrected chi connectivity index (χ4v) is 5.67. The van der Waals surface area contributed by atoms with Gasteiger partial charge < -0.3 is 14.4 Å². The number of rotatable bonds is 12. The summed E-state index contributed by atoms with van der Waals surface area (Å²) in [5, 5.41) is 2.30. The Bertz CT molecular complexity index is 2110. The van der Waals surface area contributed by atoms with Crippen LogP contribution in [-0.4, -0.2) is 18.5 Å². The normalized spacial score (nSPS) is 11.1. The molecule has 0 radical (unpaired) electrons. The zero-order valence-corrected chi connectivity index (χ0v) is 27.0. The summed E-state index contributed by atoms with van der Waals surface area (Å²) >= 11 is 0. The number of benzene rings is 6. The largest absolute Gasteiger partial charge is 0.462 e. The Hall–Kier alpha value is -6.46. The molecule has 0 saturated heterocycles. The van der Waals surface area contributed by atoms with E-state index < -0.39 is 11.9 Å². The van der Waals surface area contributed by atoms with Gasteiger partial charge in [-0.05, 0) is 81.8 Å². The highest BCUT2D eigenvalue weighted by molar-refractivity contribution is 5.99. The Morgan fingerprint density at radius 1 is 0.612 bits per heavy atom. The third kappa shape index (κ3) is 7.92. The van der Waals surface area contributed by atoms with Gasteiger partial charge in [0.05, 0.1) is 12.3 Å². The number of anilines is 3. The van der Waals surface area contributed by atoms with Gasteiger partial charge in [-0.25, -0.2) is 9.59 Å². The fourth-order valence-electron chi connectivity index (χ4n) is 5.67. The van der Waals surface area contributed by atoms with Gasteiger partial charge in [0, 0.05) is 35.3 Å². The molecular weight excluding hydrogens is 606 g/mol. The molecule has 6 aromatic carbocycles. The van der Waals surface area contributed by atoms with Gasteiger partial charge in [-0.15, -0.1) is 0 Å². The standard InChI is InChI=1S/C44H35NO4/c1-3-43(46)48-30-29-32-17-23-37(24-18-32)45(42-16-10-14-34-13-8-9-15-40(34)42)38-25-19-33(20-26-38)31-41(35-11-6-5-7-12-35)36-21-27-39(28-22-36)49-44(47)4-2/h3-28,31H,1-2,29-30H2. The van der Waals surface area contributed by atoms with Gasteiger partial charge in [0.15, 0.2) is 0 Å². The maximum atomic E-state index is 11.7. The highest BCUT2D eigenvalue weighted by atomic mass is 16.5. The number of nitrogens with zero attached hydrogens (tertiary/aromatic N) is 1. The van der Waals surface area contributed by atoms with E-state index in [9.17, 15) is 9.59 Å². The maximum absolute atomic E-state index is 11.7. The van der Waals surface area contributed by atoms with E-state index in [1.165, 1.54) is 6.08 Å². The SMILES string of the molecule is C=CC(=O)OCCc1ccc(N(c2ccc(C=C(c3ccccc3)c3ccc(OC(=O)C=C)cc3)cc2)c2cccc3ccccc23)cc1. The van der Waals surface area contributed by atoms with Crippen LogP contribution < -0.4 is 9.64 Å². The average molecular weight is 642 g/mol. The highest BCUT2D eigenvalue weighted by Gasteiger charge is 2.16. The summed E-state index contributed by atoms with van der Waals surface area (Å²) in [6.45, 7) is 7.22. The van der Waals surface area contributed by atoms with Crippen LogP contribution in [-0.2, 0) is 20.7 Å². The number of fused-ring (bicyclic) bond motifs is 1. The first-order chi connectivity index (χ1) is 24.0. The number of hydrogen-bond acceptors (Lipinski definition) is 5. The molecule has 5 nitrogen and oxygen atoms in total. The van der Waals surface area contributed by atoms with Crippen LogP contribution in [0.5, 0.6) is 5.75 Å². The van der Waals surface area contributed by atoms with E-state index in [-0.39, 0.29) is 0 Å². The lowest BCUT2D eigenvalue weighted by atomic mass is 9.95. The van der Waals surface area contributed by atoms with E-state index >= 15 is 0 Å². The molecule has 0 aliphatic carbocycles. The third-order valence-electron chi connectivity index (χ3n) is 8.10. The van der Waals surface area contributed by atoms with Crippen LogP contribution in [0, 0.1) is 0 Å². The first kappa shape index (κ1) is 32.5. The van der Waals surface area contributed by atoms with Gasteiger partial charge in [-0.2, -0.15) is 0 Å². The molecule has 5 heteroatoms. The molecule has 0 heterocycles. The van der Waals surface area contributed by atoms with E-state index in [4.69, 9.17) is 9.47 Å². The number of carbonyl (C=O) groups is 2. The monoisotopic (exact) mass is 641 g/mol. The van der Waals surface area contributed by atoms with Crippen LogP contribution in [0.2, 0.25) is 0 Å². The lowest BCUT2D eigenvalue weighted by Gasteiger charge is -2.27. The predicted octanol–water partition coefficient (Wildman–Crippen LogP) is 10.3. The van der Waals surface area contributed by atoms with Gasteiger partial charge in [0.25, 0.3) is 0 Å². The molecule has 6 rings (SSSR count). The van der Waals surface area contributed by atoms with E-state index in [1.807, 2.05) is 30.3 Å². The second-order valence-electron chi connectivity index (χ2n) is 11.3.